The first-order valence-electron chi connectivity index (χ1n) is 12.4. The van der Waals surface area contributed by atoms with Crippen LogP contribution in [0.2, 0.25) is 0 Å². The molecule has 0 bridgehead atoms. The average Bonchev–Trinajstić information content (AvgIpc) is 3.58. The maximum atomic E-state index is 13.3. The summed E-state index contributed by atoms with van der Waals surface area (Å²) in [6.07, 6.45) is 8.91. The molecule has 11 heteroatoms. The largest absolute Gasteiger partial charge is 0.462 e. The molecule has 3 heterocycles. The molecule has 0 spiro atoms. The van der Waals surface area contributed by atoms with E-state index in [1.807, 2.05) is 30.3 Å². The minimum absolute atomic E-state index is 0.0143. The highest BCUT2D eigenvalue weighted by atomic mass is 32.2. The van der Waals surface area contributed by atoms with Crippen molar-refractivity contribution in [2.75, 3.05) is 22.6 Å². The van der Waals surface area contributed by atoms with E-state index in [1.54, 1.807) is 37.1 Å². The second kappa shape index (κ2) is 11.4. The number of esters is 1. The Morgan fingerprint density at radius 3 is 2.74 bits per heavy atom. The van der Waals surface area contributed by atoms with Crippen LogP contribution in [0.3, 0.4) is 0 Å². The number of aliphatic imine (C=N–C) groups is 1. The third kappa shape index (κ3) is 5.44. The Morgan fingerprint density at radius 2 is 2.00 bits per heavy atom. The van der Waals surface area contributed by atoms with Crippen LogP contribution in [0.5, 0.6) is 0 Å². The van der Waals surface area contributed by atoms with E-state index in [-0.39, 0.29) is 29.9 Å². The van der Waals surface area contributed by atoms with Crippen LogP contribution < -0.4 is 10.2 Å². The van der Waals surface area contributed by atoms with Crippen LogP contribution in [0.1, 0.15) is 46.1 Å². The Balaban J connectivity index is 1.36. The van der Waals surface area contributed by atoms with Crippen molar-refractivity contribution < 1.29 is 19.1 Å². The number of amidine groups is 1. The van der Waals surface area contributed by atoms with Gasteiger partial charge in [0, 0.05) is 23.7 Å². The van der Waals surface area contributed by atoms with Gasteiger partial charge in [0.25, 0.3) is 5.91 Å². The Morgan fingerprint density at radius 1 is 1.21 bits per heavy atom. The third-order valence-corrected chi connectivity index (χ3v) is 8.25. The van der Waals surface area contributed by atoms with Gasteiger partial charge in [-0.25, -0.2) is 9.79 Å². The number of para-hydroxylation sites is 1. The molecule has 1 aromatic carbocycles. The zero-order valence-electron chi connectivity index (χ0n) is 21.1. The number of rotatable bonds is 7. The Hall–Kier alpha value is -3.70. The van der Waals surface area contributed by atoms with Gasteiger partial charge in [0.2, 0.25) is 5.91 Å². The molecule has 3 aromatic rings. The zero-order valence-corrected chi connectivity index (χ0v) is 22.7. The second-order valence-corrected chi connectivity index (χ2v) is 10.9. The molecule has 196 valence electrons. The smallest absolute Gasteiger partial charge is 0.341 e. The highest BCUT2D eigenvalue weighted by molar-refractivity contribution is 8.14. The van der Waals surface area contributed by atoms with Crippen molar-refractivity contribution in [3.63, 3.8) is 0 Å². The van der Waals surface area contributed by atoms with E-state index in [1.165, 1.54) is 28.0 Å². The molecule has 0 saturated carbocycles. The fourth-order valence-corrected chi connectivity index (χ4v) is 6.54. The van der Waals surface area contributed by atoms with E-state index in [0.29, 0.717) is 21.4 Å². The Kier molecular flexibility index (Phi) is 7.75. The summed E-state index contributed by atoms with van der Waals surface area (Å²) in [5.74, 6) is -0.952. The molecule has 5 rings (SSSR count). The van der Waals surface area contributed by atoms with Crippen LogP contribution in [0.4, 0.5) is 10.7 Å². The van der Waals surface area contributed by atoms with Gasteiger partial charge in [-0.3, -0.25) is 19.2 Å². The normalized spacial score (nSPS) is 15.9. The summed E-state index contributed by atoms with van der Waals surface area (Å²) >= 11 is 2.62. The monoisotopic (exact) mass is 549 g/mol. The minimum atomic E-state index is -0.402. The van der Waals surface area contributed by atoms with Gasteiger partial charge in [-0.1, -0.05) is 30.0 Å². The van der Waals surface area contributed by atoms with Crippen molar-refractivity contribution in [2.24, 2.45) is 12.0 Å². The van der Waals surface area contributed by atoms with Crippen LogP contribution in [0.25, 0.3) is 6.08 Å². The number of anilines is 2. The number of carbonyl (C=O) groups excluding carboxylic acids is 3. The number of hydrogen-bond acceptors (Lipinski definition) is 8. The molecule has 2 aliphatic rings. The van der Waals surface area contributed by atoms with E-state index in [9.17, 15) is 14.4 Å². The molecule has 2 aromatic heterocycles. The third-order valence-electron chi connectivity index (χ3n) is 6.11. The van der Waals surface area contributed by atoms with E-state index < -0.39 is 5.97 Å². The number of aromatic nitrogens is 2. The van der Waals surface area contributed by atoms with Crippen molar-refractivity contribution in [2.45, 2.75) is 32.6 Å². The van der Waals surface area contributed by atoms with Crippen molar-refractivity contribution in [1.82, 2.24) is 9.78 Å². The number of nitrogens with one attached hydrogen (secondary N) is 1. The SMILES string of the molecule is CCOC(=O)c1c(NC(=O)CSC2=NC(=Cc3cnn(C)c3)C(=O)N2c2ccccc2)sc2c1CCCC2. The number of nitrogens with zero attached hydrogens (tertiary/aromatic N) is 4. The number of aryl methyl sites for hydroxylation is 2. The molecule has 0 fully saturated rings. The summed E-state index contributed by atoms with van der Waals surface area (Å²) in [5.41, 5.74) is 3.15. The Bertz CT molecular complexity index is 1440. The summed E-state index contributed by atoms with van der Waals surface area (Å²) in [4.78, 5) is 46.3. The van der Waals surface area contributed by atoms with Crippen LogP contribution in [0, 0.1) is 0 Å². The summed E-state index contributed by atoms with van der Waals surface area (Å²) in [6, 6.07) is 9.20. The summed E-state index contributed by atoms with van der Waals surface area (Å²) in [5, 5.41) is 8.00. The van der Waals surface area contributed by atoms with E-state index in [4.69, 9.17) is 4.74 Å². The lowest BCUT2D eigenvalue weighted by Crippen LogP contribution is -2.31. The van der Waals surface area contributed by atoms with Crippen molar-refractivity contribution in [3.8, 4) is 0 Å². The topological polar surface area (TPSA) is 106 Å². The van der Waals surface area contributed by atoms with Crippen molar-refractivity contribution in [1.29, 1.82) is 0 Å². The van der Waals surface area contributed by atoms with Gasteiger partial charge < -0.3 is 10.1 Å². The van der Waals surface area contributed by atoms with Gasteiger partial charge in [0.15, 0.2) is 5.17 Å². The second-order valence-electron chi connectivity index (χ2n) is 8.82. The van der Waals surface area contributed by atoms with E-state index in [0.717, 1.165) is 41.7 Å². The number of amides is 2. The minimum Gasteiger partial charge on any atom is -0.462 e. The van der Waals surface area contributed by atoms with Crippen LogP contribution in [-0.4, -0.2) is 45.1 Å². The van der Waals surface area contributed by atoms with Gasteiger partial charge in [-0.15, -0.1) is 11.3 Å². The summed E-state index contributed by atoms with van der Waals surface area (Å²) in [6.45, 7) is 2.04. The van der Waals surface area contributed by atoms with Gasteiger partial charge in [-0.2, -0.15) is 5.10 Å². The van der Waals surface area contributed by atoms with Crippen molar-refractivity contribution in [3.05, 3.63) is 70.0 Å². The first kappa shape index (κ1) is 25.9. The number of hydrogen-bond donors (Lipinski definition) is 1. The predicted molar refractivity (Wildman–Crippen MR) is 151 cm³/mol. The molecule has 1 aliphatic heterocycles. The zero-order chi connectivity index (χ0) is 26.6. The van der Waals surface area contributed by atoms with Gasteiger partial charge in [0.05, 0.1) is 29.8 Å². The van der Waals surface area contributed by atoms with Crippen LogP contribution in [-0.2, 0) is 34.2 Å². The molecule has 1 N–H and O–H groups in total. The first-order valence-corrected chi connectivity index (χ1v) is 14.2. The van der Waals surface area contributed by atoms with Crippen LogP contribution in [0.15, 0.2) is 53.4 Å². The number of carbonyl (C=O) groups is 3. The maximum Gasteiger partial charge on any atom is 0.341 e. The lowest BCUT2D eigenvalue weighted by molar-refractivity contribution is -0.114. The lowest BCUT2D eigenvalue weighted by Gasteiger charge is -2.17. The lowest BCUT2D eigenvalue weighted by atomic mass is 9.95. The molecule has 1 aliphatic carbocycles. The Labute approximate surface area is 228 Å². The van der Waals surface area contributed by atoms with Gasteiger partial charge in [-0.05, 0) is 56.4 Å². The van der Waals surface area contributed by atoms with Gasteiger partial charge in [0.1, 0.15) is 10.7 Å². The standard InChI is InChI=1S/C27H27N5O4S2/c1-3-36-26(35)23-19-11-7-8-12-21(19)38-24(23)30-22(33)16-37-27-29-20(13-17-14-28-31(2)15-17)25(34)32(27)18-9-5-4-6-10-18/h4-6,9-10,13-15H,3,7-8,11-12,16H2,1-2H3,(H,30,33). The highest BCUT2D eigenvalue weighted by Gasteiger charge is 2.33. The summed E-state index contributed by atoms with van der Waals surface area (Å²) in [7, 11) is 1.80. The van der Waals surface area contributed by atoms with E-state index in [2.05, 4.69) is 15.4 Å². The van der Waals surface area contributed by atoms with E-state index >= 15 is 0 Å². The number of thiophene rings is 1. The molecule has 9 nitrogen and oxygen atoms in total. The molecule has 38 heavy (non-hydrogen) atoms. The van der Waals surface area contributed by atoms with Crippen molar-refractivity contribution >= 4 is 62.8 Å². The number of thioether (sulfide) groups is 1. The molecular weight excluding hydrogens is 522 g/mol. The molecule has 0 unspecified atom stereocenters. The number of ether oxygens (including phenoxy) is 1. The quantitative estimate of drug-likeness (QED) is 0.340. The fourth-order valence-electron chi connectivity index (χ4n) is 4.44. The highest BCUT2D eigenvalue weighted by Crippen LogP contribution is 2.39. The predicted octanol–water partition coefficient (Wildman–Crippen LogP) is 4.65. The van der Waals surface area contributed by atoms with Gasteiger partial charge >= 0.3 is 5.97 Å². The first-order chi connectivity index (χ1) is 18.4. The molecule has 0 atom stereocenters. The number of fused-ring (bicyclic) bond motifs is 1. The molecule has 0 radical (unpaired) electrons. The molecular formula is C27H27N5O4S2. The molecule has 2 amide bonds. The van der Waals surface area contributed by atoms with Crippen LogP contribution >= 0.6 is 23.1 Å². The number of benzene rings is 1. The molecule has 0 saturated heterocycles. The summed E-state index contributed by atoms with van der Waals surface area (Å²) < 4.78 is 6.94. The average molecular weight is 550 g/mol. The fraction of sp³-hybridized carbons (Fsp3) is 0.296. The maximum absolute atomic E-state index is 13.3.